The molecule has 0 saturated carbocycles. The maximum atomic E-state index is 13.2. The summed E-state index contributed by atoms with van der Waals surface area (Å²) >= 11 is 7.23. The van der Waals surface area contributed by atoms with Crippen molar-refractivity contribution in [2.75, 3.05) is 11.1 Å². The zero-order chi connectivity index (χ0) is 22.0. The van der Waals surface area contributed by atoms with E-state index in [2.05, 4.69) is 10.3 Å². The topological polar surface area (TPSA) is 64.0 Å². The van der Waals surface area contributed by atoms with Crippen molar-refractivity contribution >= 4 is 45.9 Å². The zero-order valence-electron chi connectivity index (χ0n) is 17.1. The van der Waals surface area contributed by atoms with Crippen molar-refractivity contribution in [3.05, 3.63) is 93.2 Å². The Hall–Kier alpha value is -3.09. The van der Waals surface area contributed by atoms with E-state index in [9.17, 15) is 9.59 Å². The number of amides is 1. The molecule has 0 unspecified atom stereocenters. The summed E-state index contributed by atoms with van der Waals surface area (Å²) in [4.78, 5) is 30.4. The number of carbonyl (C=O) groups excluding carboxylic acids is 1. The van der Waals surface area contributed by atoms with E-state index in [4.69, 9.17) is 11.6 Å². The molecule has 4 rings (SSSR count). The van der Waals surface area contributed by atoms with Crippen LogP contribution >= 0.6 is 23.4 Å². The number of hydrogen-bond donors (Lipinski definition) is 1. The van der Waals surface area contributed by atoms with Gasteiger partial charge in [0.1, 0.15) is 0 Å². The minimum absolute atomic E-state index is 0.116. The van der Waals surface area contributed by atoms with Crippen LogP contribution in [-0.4, -0.2) is 21.2 Å². The number of hydrogen-bond acceptors (Lipinski definition) is 4. The molecule has 0 fully saturated rings. The molecule has 156 valence electrons. The summed E-state index contributed by atoms with van der Waals surface area (Å²) in [6.07, 6.45) is 0. The summed E-state index contributed by atoms with van der Waals surface area (Å²) in [7, 11) is 0. The van der Waals surface area contributed by atoms with E-state index in [-0.39, 0.29) is 17.2 Å². The molecule has 0 aliphatic carbocycles. The van der Waals surface area contributed by atoms with E-state index < -0.39 is 0 Å². The van der Waals surface area contributed by atoms with Gasteiger partial charge in [0.15, 0.2) is 5.16 Å². The number of halogens is 1. The lowest BCUT2D eigenvalue weighted by Gasteiger charge is -2.13. The molecule has 0 bridgehead atoms. The number of fused-ring (bicyclic) bond motifs is 1. The van der Waals surface area contributed by atoms with Crippen molar-refractivity contribution in [3.8, 4) is 5.69 Å². The summed E-state index contributed by atoms with van der Waals surface area (Å²) in [6.45, 7) is 4.03. The van der Waals surface area contributed by atoms with Crippen LogP contribution in [0.4, 0.5) is 5.69 Å². The highest BCUT2D eigenvalue weighted by Crippen LogP contribution is 2.23. The summed E-state index contributed by atoms with van der Waals surface area (Å²) in [5, 5.41) is 4.44. The molecule has 0 saturated heterocycles. The minimum atomic E-state index is -0.190. The number of aromatic nitrogens is 2. The molecule has 31 heavy (non-hydrogen) atoms. The third kappa shape index (κ3) is 4.65. The van der Waals surface area contributed by atoms with Gasteiger partial charge in [0.05, 0.1) is 22.3 Å². The van der Waals surface area contributed by atoms with Gasteiger partial charge >= 0.3 is 0 Å². The van der Waals surface area contributed by atoms with E-state index in [1.807, 2.05) is 38.1 Å². The van der Waals surface area contributed by atoms with Gasteiger partial charge in [0.2, 0.25) is 5.91 Å². The largest absolute Gasteiger partial charge is 0.325 e. The highest BCUT2D eigenvalue weighted by atomic mass is 35.5. The van der Waals surface area contributed by atoms with Crippen molar-refractivity contribution in [3.63, 3.8) is 0 Å². The van der Waals surface area contributed by atoms with E-state index in [1.54, 1.807) is 42.5 Å². The van der Waals surface area contributed by atoms with Gasteiger partial charge in [-0.15, -0.1) is 0 Å². The van der Waals surface area contributed by atoms with Crippen molar-refractivity contribution in [1.82, 2.24) is 9.55 Å². The molecule has 5 nitrogen and oxygen atoms in total. The van der Waals surface area contributed by atoms with Crippen molar-refractivity contribution in [1.29, 1.82) is 0 Å². The number of benzene rings is 3. The average molecular weight is 450 g/mol. The van der Waals surface area contributed by atoms with Crippen LogP contribution < -0.4 is 10.9 Å². The lowest BCUT2D eigenvalue weighted by molar-refractivity contribution is -0.113. The van der Waals surface area contributed by atoms with Crippen LogP contribution in [0.25, 0.3) is 16.6 Å². The Kier molecular flexibility index (Phi) is 6.11. The van der Waals surface area contributed by atoms with E-state index in [1.165, 1.54) is 21.9 Å². The molecule has 0 spiro atoms. The summed E-state index contributed by atoms with van der Waals surface area (Å²) < 4.78 is 1.52. The number of rotatable bonds is 5. The second-order valence-corrected chi connectivity index (χ2v) is 8.54. The van der Waals surface area contributed by atoms with E-state index >= 15 is 0 Å². The Morgan fingerprint density at radius 3 is 2.52 bits per heavy atom. The van der Waals surface area contributed by atoms with Crippen molar-refractivity contribution < 1.29 is 4.79 Å². The number of thioether (sulfide) groups is 1. The van der Waals surface area contributed by atoms with Gasteiger partial charge < -0.3 is 5.32 Å². The monoisotopic (exact) mass is 449 g/mol. The second kappa shape index (κ2) is 8.96. The Morgan fingerprint density at radius 1 is 1.03 bits per heavy atom. The molecule has 0 radical (unpaired) electrons. The lowest BCUT2D eigenvalue weighted by atomic mass is 10.1. The molecule has 1 aromatic heterocycles. The molecule has 4 aromatic rings. The number of nitrogens with one attached hydrogen (secondary N) is 1. The third-order valence-corrected chi connectivity index (χ3v) is 6.14. The molecule has 1 N–H and O–H groups in total. The number of anilines is 1. The Morgan fingerprint density at radius 2 is 1.77 bits per heavy atom. The van der Waals surface area contributed by atoms with Gasteiger partial charge in [0.25, 0.3) is 5.56 Å². The summed E-state index contributed by atoms with van der Waals surface area (Å²) in [5.41, 5.74) is 4.07. The first-order valence-electron chi connectivity index (χ1n) is 9.70. The fourth-order valence-electron chi connectivity index (χ4n) is 3.17. The first-order chi connectivity index (χ1) is 14.9. The van der Waals surface area contributed by atoms with Crippen LogP contribution in [-0.2, 0) is 4.79 Å². The van der Waals surface area contributed by atoms with Crippen LogP contribution in [0.5, 0.6) is 0 Å². The zero-order valence-corrected chi connectivity index (χ0v) is 18.6. The normalized spacial score (nSPS) is 10.9. The average Bonchev–Trinajstić information content (AvgIpc) is 2.76. The van der Waals surface area contributed by atoms with Gasteiger partial charge in [-0.25, -0.2) is 4.98 Å². The molecule has 1 heterocycles. The number of nitrogens with zero attached hydrogens (tertiary/aromatic N) is 2. The second-order valence-electron chi connectivity index (χ2n) is 7.16. The minimum Gasteiger partial charge on any atom is -0.325 e. The predicted molar refractivity (Wildman–Crippen MR) is 128 cm³/mol. The van der Waals surface area contributed by atoms with Crippen LogP contribution in [0.2, 0.25) is 5.02 Å². The fraction of sp³-hybridized carbons (Fsp3) is 0.125. The van der Waals surface area contributed by atoms with E-state index in [0.717, 1.165) is 11.3 Å². The molecule has 3 aromatic carbocycles. The predicted octanol–water partition coefficient (Wildman–Crippen LogP) is 5.39. The van der Waals surface area contributed by atoms with Crippen LogP contribution in [0.3, 0.4) is 0 Å². The maximum Gasteiger partial charge on any atom is 0.266 e. The van der Waals surface area contributed by atoms with Gasteiger partial charge in [0, 0.05) is 10.7 Å². The van der Waals surface area contributed by atoms with Crippen molar-refractivity contribution in [2.24, 2.45) is 0 Å². The highest BCUT2D eigenvalue weighted by Gasteiger charge is 2.15. The first kappa shape index (κ1) is 21.2. The van der Waals surface area contributed by atoms with Gasteiger partial charge in [-0.1, -0.05) is 41.6 Å². The lowest BCUT2D eigenvalue weighted by Crippen LogP contribution is -2.23. The molecular weight excluding hydrogens is 430 g/mol. The first-order valence-corrected chi connectivity index (χ1v) is 11.1. The van der Waals surface area contributed by atoms with Gasteiger partial charge in [-0.2, -0.15) is 0 Å². The fourth-order valence-corrected chi connectivity index (χ4v) is 4.11. The number of aryl methyl sites for hydroxylation is 2. The molecule has 7 heteroatoms. The van der Waals surface area contributed by atoms with Crippen LogP contribution in [0.1, 0.15) is 11.1 Å². The smallest absolute Gasteiger partial charge is 0.266 e. The van der Waals surface area contributed by atoms with Crippen LogP contribution in [0, 0.1) is 13.8 Å². The number of para-hydroxylation sites is 1. The number of carbonyl (C=O) groups is 1. The molecule has 0 aliphatic heterocycles. The van der Waals surface area contributed by atoms with Crippen molar-refractivity contribution in [2.45, 2.75) is 19.0 Å². The summed E-state index contributed by atoms with van der Waals surface area (Å²) in [6, 6.07) is 19.9. The standard InChI is InChI=1S/C24H20ClN3O2S/c1-15-7-10-18(13-16(15)2)26-22(29)14-31-24-27-21-6-4-3-5-20(21)23(30)28(24)19-11-8-17(25)9-12-19/h3-13H,14H2,1-2H3,(H,26,29). The summed E-state index contributed by atoms with van der Waals surface area (Å²) in [5.74, 6) is -0.0519. The Labute approximate surface area is 189 Å². The molecule has 0 atom stereocenters. The maximum absolute atomic E-state index is 13.2. The van der Waals surface area contributed by atoms with Gasteiger partial charge in [-0.3, -0.25) is 14.2 Å². The van der Waals surface area contributed by atoms with E-state index in [0.29, 0.717) is 26.8 Å². The highest BCUT2D eigenvalue weighted by molar-refractivity contribution is 7.99. The quantitative estimate of drug-likeness (QED) is 0.328. The van der Waals surface area contributed by atoms with Crippen LogP contribution in [0.15, 0.2) is 76.7 Å². The molecule has 1 amide bonds. The third-order valence-electron chi connectivity index (χ3n) is 4.95. The van der Waals surface area contributed by atoms with Gasteiger partial charge in [-0.05, 0) is 73.5 Å². The SMILES string of the molecule is Cc1ccc(NC(=O)CSc2nc3ccccc3c(=O)n2-c2ccc(Cl)cc2)cc1C. The molecule has 0 aliphatic rings. The molecular formula is C24H20ClN3O2S. The Balaban J connectivity index is 1.65. The Bertz CT molecular complexity index is 1330.